The first-order valence-corrected chi connectivity index (χ1v) is 8.11. The standard InChI is InChI=1S/C16H32N2O2/c1-5-11-18(13-14-8-9-14)12-7-10-16(3,17-6-2)15(19)20-4/h14,17H,5-13H2,1-4H3. The van der Waals surface area contributed by atoms with Gasteiger partial charge < -0.3 is 15.0 Å². The molecule has 4 nitrogen and oxygen atoms in total. The topological polar surface area (TPSA) is 41.6 Å². The van der Waals surface area contributed by atoms with Crippen molar-refractivity contribution in [2.24, 2.45) is 5.92 Å². The molecule has 1 saturated carbocycles. The first-order valence-electron chi connectivity index (χ1n) is 8.11. The zero-order valence-corrected chi connectivity index (χ0v) is 13.7. The summed E-state index contributed by atoms with van der Waals surface area (Å²) < 4.78 is 4.93. The lowest BCUT2D eigenvalue weighted by molar-refractivity contribution is -0.148. The fourth-order valence-electron chi connectivity index (χ4n) is 2.81. The molecule has 1 fully saturated rings. The Labute approximate surface area is 124 Å². The van der Waals surface area contributed by atoms with Gasteiger partial charge in [-0.25, -0.2) is 0 Å². The molecule has 118 valence electrons. The molecule has 1 aliphatic rings. The van der Waals surface area contributed by atoms with Gasteiger partial charge >= 0.3 is 5.97 Å². The van der Waals surface area contributed by atoms with Crippen LogP contribution in [0, 0.1) is 5.92 Å². The normalized spacial score (nSPS) is 18.1. The van der Waals surface area contributed by atoms with Crippen LogP contribution in [0.15, 0.2) is 0 Å². The molecule has 1 atom stereocenters. The Kier molecular flexibility index (Phi) is 7.52. The molecule has 0 amide bonds. The lowest BCUT2D eigenvalue weighted by atomic mass is 9.95. The maximum atomic E-state index is 11.9. The van der Waals surface area contributed by atoms with Crippen molar-refractivity contribution in [3.8, 4) is 0 Å². The minimum Gasteiger partial charge on any atom is -0.468 e. The molecule has 0 aliphatic heterocycles. The van der Waals surface area contributed by atoms with E-state index in [1.807, 2.05) is 13.8 Å². The van der Waals surface area contributed by atoms with Gasteiger partial charge in [0.2, 0.25) is 0 Å². The third-order valence-electron chi connectivity index (χ3n) is 4.11. The van der Waals surface area contributed by atoms with E-state index in [9.17, 15) is 4.79 Å². The van der Waals surface area contributed by atoms with Crippen molar-refractivity contribution in [3.63, 3.8) is 0 Å². The summed E-state index contributed by atoms with van der Waals surface area (Å²) in [7, 11) is 1.47. The zero-order chi connectivity index (χ0) is 15.0. The first kappa shape index (κ1) is 17.4. The highest BCUT2D eigenvalue weighted by atomic mass is 16.5. The summed E-state index contributed by atoms with van der Waals surface area (Å²) in [5.74, 6) is 0.783. The molecule has 1 aliphatic carbocycles. The number of rotatable bonds is 11. The lowest BCUT2D eigenvalue weighted by Gasteiger charge is -2.29. The molecule has 0 radical (unpaired) electrons. The summed E-state index contributed by atoms with van der Waals surface area (Å²) in [4.78, 5) is 14.5. The molecule has 20 heavy (non-hydrogen) atoms. The summed E-state index contributed by atoms with van der Waals surface area (Å²) in [5.41, 5.74) is -0.541. The van der Waals surface area contributed by atoms with Gasteiger partial charge in [0.1, 0.15) is 5.54 Å². The van der Waals surface area contributed by atoms with Gasteiger partial charge in [-0.1, -0.05) is 13.8 Å². The fourth-order valence-corrected chi connectivity index (χ4v) is 2.81. The molecular weight excluding hydrogens is 252 g/mol. The second kappa shape index (κ2) is 8.63. The van der Waals surface area contributed by atoms with Crippen LogP contribution < -0.4 is 5.32 Å². The Morgan fingerprint density at radius 2 is 2.05 bits per heavy atom. The number of likely N-dealkylation sites (N-methyl/N-ethyl adjacent to an activating group) is 1. The van der Waals surface area contributed by atoms with Gasteiger partial charge in [-0.05, 0) is 64.6 Å². The number of nitrogens with one attached hydrogen (secondary N) is 1. The minimum absolute atomic E-state index is 0.149. The fraction of sp³-hybridized carbons (Fsp3) is 0.938. The van der Waals surface area contributed by atoms with E-state index in [2.05, 4.69) is 17.1 Å². The summed E-state index contributed by atoms with van der Waals surface area (Å²) in [6.07, 6.45) is 5.87. The number of ether oxygens (including phenoxy) is 1. The van der Waals surface area contributed by atoms with Gasteiger partial charge in [0.05, 0.1) is 7.11 Å². The highest BCUT2D eigenvalue weighted by Gasteiger charge is 2.33. The Morgan fingerprint density at radius 1 is 1.35 bits per heavy atom. The number of carbonyl (C=O) groups excluding carboxylic acids is 1. The average molecular weight is 284 g/mol. The number of nitrogens with zero attached hydrogens (tertiary/aromatic N) is 1. The molecule has 1 rings (SSSR count). The molecule has 0 bridgehead atoms. The molecule has 1 N–H and O–H groups in total. The summed E-state index contributed by atoms with van der Waals surface area (Å²) in [6, 6.07) is 0. The van der Waals surface area contributed by atoms with Crippen LogP contribution in [0.5, 0.6) is 0 Å². The van der Waals surface area contributed by atoms with Crippen LogP contribution in [0.3, 0.4) is 0 Å². The van der Waals surface area contributed by atoms with Crippen LogP contribution in [-0.2, 0) is 9.53 Å². The van der Waals surface area contributed by atoms with Crippen LogP contribution in [0.2, 0.25) is 0 Å². The number of hydrogen-bond acceptors (Lipinski definition) is 4. The van der Waals surface area contributed by atoms with E-state index in [0.717, 1.165) is 31.8 Å². The van der Waals surface area contributed by atoms with Crippen molar-refractivity contribution >= 4 is 5.97 Å². The van der Waals surface area contributed by atoms with E-state index >= 15 is 0 Å². The van der Waals surface area contributed by atoms with Gasteiger partial charge in [-0.15, -0.1) is 0 Å². The van der Waals surface area contributed by atoms with Crippen molar-refractivity contribution in [3.05, 3.63) is 0 Å². The van der Waals surface area contributed by atoms with Crippen molar-refractivity contribution in [2.75, 3.05) is 33.3 Å². The molecule has 0 heterocycles. The van der Waals surface area contributed by atoms with E-state index in [0.29, 0.717) is 0 Å². The maximum absolute atomic E-state index is 11.9. The summed E-state index contributed by atoms with van der Waals surface area (Å²) in [5, 5.41) is 3.28. The van der Waals surface area contributed by atoms with E-state index in [1.165, 1.54) is 39.5 Å². The molecule has 0 aromatic heterocycles. The molecule has 0 spiro atoms. The molecule has 4 heteroatoms. The van der Waals surface area contributed by atoms with Gasteiger partial charge in [0.25, 0.3) is 0 Å². The molecular formula is C16H32N2O2. The second-order valence-electron chi connectivity index (χ2n) is 6.20. The van der Waals surface area contributed by atoms with Gasteiger partial charge in [0, 0.05) is 6.54 Å². The third kappa shape index (κ3) is 5.80. The maximum Gasteiger partial charge on any atom is 0.325 e. The van der Waals surface area contributed by atoms with Crippen LogP contribution in [-0.4, -0.2) is 49.7 Å². The summed E-state index contributed by atoms with van der Waals surface area (Å²) in [6.45, 7) is 10.5. The minimum atomic E-state index is -0.541. The van der Waals surface area contributed by atoms with Gasteiger partial charge in [-0.3, -0.25) is 4.79 Å². The van der Waals surface area contributed by atoms with E-state index in [1.54, 1.807) is 0 Å². The van der Waals surface area contributed by atoms with Crippen molar-refractivity contribution in [1.82, 2.24) is 10.2 Å². The van der Waals surface area contributed by atoms with Crippen LogP contribution >= 0.6 is 0 Å². The summed E-state index contributed by atoms with van der Waals surface area (Å²) >= 11 is 0. The van der Waals surface area contributed by atoms with E-state index in [4.69, 9.17) is 4.74 Å². The Bertz CT molecular complexity index is 292. The van der Waals surface area contributed by atoms with E-state index in [-0.39, 0.29) is 5.97 Å². The van der Waals surface area contributed by atoms with Gasteiger partial charge in [0.15, 0.2) is 0 Å². The Balaban J connectivity index is 2.38. The quantitative estimate of drug-likeness (QED) is 0.592. The van der Waals surface area contributed by atoms with Crippen LogP contribution in [0.25, 0.3) is 0 Å². The highest BCUT2D eigenvalue weighted by molar-refractivity contribution is 5.80. The third-order valence-corrected chi connectivity index (χ3v) is 4.11. The SMILES string of the molecule is CCCN(CCCC(C)(NCC)C(=O)OC)CC1CC1. The molecule has 0 aromatic rings. The van der Waals surface area contributed by atoms with Crippen molar-refractivity contribution < 1.29 is 9.53 Å². The first-order chi connectivity index (χ1) is 9.55. The second-order valence-corrected chi connectivity index (χ2v) is 6.20. The number of hydrogen-bond donors (Lipinski definition) is 1. The lowest BCUT2D eigenvalue weighted by Crippen LogP contribution is -2.50. The van der Waals surface area contributed by atoms with Crippen molar-refractivity contribution in [2.45, 2.75) is 58.4 Å². The van der Waals surface area contributed by atoms with Gasteiger partial charge in [-0.2, -0.15) is 0 Å². The Hall–Kier alpha value is -0.610. The molecule has 1 unspecified atom stereocenters. The van der Waals surface area contributed by atoms with E-state index < -0.39 is 5.54 Å². The van der Waals surface area contributed by atoms with Crippen molar-refractivity contribution in [1.29, 1.82) is 0 Å². The predicted octanol–water partition coefficient (Wildman–Crippen LogP) is 2.43. The monoisotopic (exact) mass is 284 g/mol. The molecule has 0 saturated heterocycles. The van der Waals surface area contributed by atoms with Crippen LogP contribution in [0.4, 0.5) is 0 Å². The number of carbonyl (C=O) groups is 1. The molecule has 0 aromatic carbocycles. The van der Waals surface area contributed by atoms with Crippen LogP contribution in [0.1, 0.15) is 52.9 Å². The largest absolute Gasteiger partial charge is 0.468 e. The number of methoxy groups -OCH3 is 1. The predicted molar refractivity (Wildman–Crippen MR) is 82.8 cm³/mol. The zero-order valence-electron chi connectivity index (χ0n) is 13.7. The smallest absolute Gasteiger partial charge is 0.325 e. The number of esters is 1. The average Bonchev–Trinajstić information content (AvgIpc) is 3.22. The highest BCUT2D eigenvalue weighted by Crippen LogP contribution is 2.30. The Morgan fingerprint density at radius 3 is 2.55 bits per heavy atom.